The number of hydrogen-bond donors (Lipinski definition) is 3. The van der Waals surface area contributed by atoms with Crippen LogP contribution in [0.1, 0.15) is 27.2 Å². The topological polar surface area (TPSA) is 70.6 Å². The number of nitrogens with two attached hydrogens (primary N) is 1. The first-order chi connectivity index (χ1) is 5.52. The zero-order chi connectivity index (χ0) is 9.56. The van der Waals surface area contributed by atoms with Crippen molar-refractivity contribution in [2.24, 2.45) is 10.7 Å². The van der Waals surface area contributed by atoms with E-state index in [1.165, 1.54) is 0 Å². The Morgan fingerprint density at radius 2 is 2.08 bits per heavy atom. The number of aliphatic hydroxyl groups excluding tert-OH is 1. The molecule has 0 aromatic heterocycles. The third kappa shape index (κ3) is 7.34. The number of nitrogens with one attached hydrogen (secondary N) is 1. The fourth-order valence-electron chi connectivity index (χ4n) is 0.713. The van der Waals surface area contributed by atoms with Gasteiger partial charge < -0.3 is 16.2 Å². The van der Waals surface area contributed by atoms with Gasteiger partial charge >= 0.3 is 0 Å². The largest absolute Gasteiger partial charge is 0.393 e. The molecule has 1 unspecified atom stereocenters. The summed E-state index contributed by atoms with van der Waals surface area (Å²) in [5.74, 6) is 0.450. The molecule has 0 aliphatic heterocycles. The molecule has 0 aromatic rings. The predicted molar refractivity (Wildman–Crippen MR) is 51.1 cm³/mol. The summed E-state index contributed by atoms with van der Waals surface area (Å²) in [5.41, 5.74) is 5.52. The molecule has 0 rings (SSSR count). The van der Waals surface area contributed by atoms with E-state index in [0.29, 0.717) is 25.0 Å². The molecule has 0 bridgehead atoms. The van der Waals surface area contributed by atoms with Crippen LogP contribution in [0.3, 0.4) is 0 Å². The van der Waals surface area contributed by atoms with Crippen LogP contribution in [0.5, 0.6) is 0 Å². The van der Waals surface area contributed by atoms with Gasteiger partial charge in [-0.05, 0) is 27.2 Å². The maximum atomic E-state index is 8.92. The molecule has 72 valence electrons. The van der Waals surface area contributed by atoms with Crippen molar-refractivity contribution >= 4 is 5.96 Å². The molecule has 0 saturated carbocycles. The van der Waals surface area contributed by atoms with Crippen LogP contribution in [-0.2, 0) is 0 Å². The first kappa shape index (κ1) is 11.2. The fraction of sp³-hybridized carbons (Fsp3) is 0.875. The first-order valence-electron chi connectivity index (χ1n) is 4.27. The molecular weight excluding hydrogens is 154 g/mol. The molecular formula is C8H19N3O. The summed E-state index contributed by atoms with van der Waals surface area (Å²) in [4.78, 5) is 4.03. The summed E-state index contributed by atoms with van der Waals surface area (Å²) in [6, 6.07) is 0.306. The number of hydrogen-bond acceptors (Lipinski definition) is 2. The van der Waals surface area contributed by atoms with Crippen molar-refractivity contribution in [1.82, 2.24) is 5.32 Å². The van der Waals surface area contributed by atoms with Crippen LogP contribution in [0, 0.1) is 0 Å². The van der Waals surface area contributed by atoms with Gasteiger partial charge in [-0.3, -0.25) is 4.99 Å². The van der Waals surface area contributed by atoms with Crippen molar-refractivity contribution in [3.63, 3.8) is 0 Å². The van der Waals surface area contributed by atoms with E-state index in [2.05, 4.69) is 10.3 Å². The van der Waals surface area contributed by atoms with Gasteiger partial charge in [-0.1, -0.05) is 0 Å². The van der Waals surface area contributed by atoms with Crippen molar-refractivity contribution in [1.29, 1.82) is 0 Å². The van der Waals surface area contributed by atoms with Crippen LogP contribution in [0.4, 0.5) is 0 Å². The lowest BCUT2D eigenvalue weighted by Crippen LogP contribution is -2.36. The Labute approximate surface area is 73.9 Å². The Kier molecular flexibility index (Phi) is 5.45. The van der Waals surface area contributed by atoms with Crippen LogP contribution in [0.2, 0.25) is 0 Å². The van der Waals surface area contributed by atoms with Crippen LogP contribution in [0.25, 0.3) is 0 Å². The Morgan fingerprint density at radius 1 is 1.50 bits per heavy atom. The molecule has 4 nitrogen and oxygen atoms in total. The summed E-state index contributed by atoms with van der Waals surface area (Å²) in [6.45, 7) is 6.30. The zero-order valence-electron chi connectivity index (χ0n) is 8.04. The third-order valence-corrected chi connectivity index (χ3v) is 1.27. The molecule has 0 radical (unpaired) electrons. The summed E-state index contributed by atoms with van der Waals surface area (Å²) in [5, 5.41) is 11.9. The average Bonchev–Trinajstić information content (AvgIpc) is 1.84. The second-order valence-electron chi connectivity index (χ2n) is 3.20. The second-order valence-corrected chi connectivity index (χ2v) is 3.20. The van der Waals surface area contributed by atoms with Gasteiger partial charge in [-0.25, -0.2) is 0 Å². The van der Waals surface area contributed by atoms with Crippen molar-refractivity contribution in [3.8, 4) is 0 Å². The van der Waals surface area contributed by atoms with Gasteiger partial charge in [0.05, 0.1) is 6.10 Å². The Morgan fingerprint density at radius 3 is 2.50 bits per heavy atom. The Balaban J connectivity index is 3.55. The standard InChI is InChI=1S/C8H19N3O/c1-6(2)11-8(9)10-5-4-7(3)12/h6-7,12H,4-5H2,1-3H3,(H3,9,10,11). The first-order valence-corrected chi connectivity index (χ1v) is 4.27. The average molecular weight is 173 g/mol. The highest BCUT2D eigenvalue weighted by atomic mass is 16.3. The van der Waals surface area contributed by atoms with Gasteiger partial charge in [0.25, 0.3) is 0 Å². The molecule has 0 fully saturated rings. The minimum absolute atomic E-state index is 0.305. The summed E-state index contributed by atoms with van der Waals surface area (Å²) in [7, 11) is 0. The molecule has 0 aliphatic carbocycles. The number of guanidine groups is 1. The van der Waals surface area contributed by atoms with E-state index in [4.69, 9.17) is 10.8 Å². The van der Waals surface area contributed by atoms with Crippen molar-refractivity contribution in [2.75, 3.05) is 6.54 Å². The molecule has 0 spiro atoms. The number of rotatable bonds is 4. The molecule has 4 heteroatoms. The molecule has 0 saturated heterocycles. The molecule has 0 aliphatic rings. The van der Waals surface area contributed by atoms with Crippen molar-refractivity contribution in [2.45, 2.75) is 39.3 Å². The van der Waals surface area contributed by atoms with Crippen molar-refractivity contribution in [3.05, 3.63) is 0 Å². The number of nitrogens with zero attached hydrogens (tertiary/aromatic N) is 1. The predicted octanol–water partition coefficient (Wildman–Crippen LogP) is 0.0700. The Bertz CT molecular complexity index is 143. The van der Waals surface area contributed by atoms with Crippen LogP contribution in [-0.4, -0.2) is 29.8 Å². The van der Waals surface area contributed by atoms with Gasteiger partial charge in [0.2, 0.25) is 0 Å². The maximum Gasteiger partial charge on any atom is 0.188 e. The lowest BCUT2D eigenvalue weighted by molar-refractivity contribution is 0.187. The smallest absolute Gasteiger partial charge is 0.188 e. The number of aliphatic hydroxyl groups is 1. The summed E-state index contributed by atoms with van der Waals surface area (Å²) in [6.07, 6.45) is 0.348. The van der Waals surface area contributed by atoms with E-state index < -0.39 is 0 Å². The van der Waals surface area contributed by atoms with Crippen LogP contribution in [0.15, 0.2) is 4.99 Å². The SMILES string of the molecule is CC(O)CCN=C(N)NC(C)C. The lowest BCUT2D eigenvalue weighted by atomic mass is 10.3. The van der Waals surface area contributed by atoms with Crippen LogP contribution < -0.4 is 11.1 Å². The molecule has 0 amide bonds. The molecule has 0 heterocycles. The highest BCUT2D eigenvalue weighted by Crippen LogP contribution is 1.88. The van der Waals surface area contributed by atoms with Gasteiger partial charge in [-0.15, -0.1) is 0 Å². The van der Waals surface area contributed by atoms with Gasteiger partial charge in [0.1, 0.15) is 0 Å². The molecule has 0 aromatic carbocycles. The van der Waals surface area contributed by atoms with Gasteiger partial charge in [0.15, 0.2) is 5.96 Å². The molecule has 4 N–H and O–H groups in total. The third-order valence-electron chi connectivity index (χ3n) is 1.27. The van der Waals surface area contributed by atoms with E-state index in [0.717, 1.165) is 0 Å². The Hall–Kier alpha value is -0.770. The fourth-order valence-corrected chi connectivity index (χ4v) is 0.713. The number of aliphatic imine (C=N–C) groups is 1. The minimum Gasteiger partial charge on any atom is -0.393 e. The van der Waals surface area contributed by atoms with E-state index >= 15 is 0 Å². The quantitative estimate of drug-likeness (QED) is 0.416. The monoisotopic (exact) mass is 173 g/mol. The van der Waals surface area contributed by atoms with E-state index in [-0.39, 0.29) is 6.10 Å². The van der Waals surface area contributed by atoms with Gasteiger partial charge in [0, 0.05) is 12.6 Å². The summed E-state index contributed by atoms with van der Waals surface area (Å²) >= 11 is 0. The van der Waals surface area contributed by atoms with E-state index in [1.807, 2.05) is 13.8 Å². The zero-order valence-corrected chi connectivity index (χ0v) is 8.04. The van der Waals surface area contributed by atoms with Crippen molar-refractivity contribution < 1.29 is 5.11 Å². The van der Waals surface area contributed by atoms with Gasteiger partial charge in [-0.2, -0.15) is 0 Å². The highest BCUT2D eigenvalue weighted by Gasteiger charge is 1.96. The molecule has 12 heavy (non-hydrogen) atoms. The molecule has 1 atom stereocenters. The summed E-state index contributed by atoms with van der Waals surface area (Å²) < 4.78 is 0. The highest BCUT2D eigenvalue weighted by molar-refractivity contribution is 5.77. The maximum absolute atomic E-state index is 8.92. The normalized spacial score (nSPS) is 14.9. The van der Waals surface area contributed by atoms with Crippen LogP contribution >= 0.6 is 0 Å². The van der Waals surface area contributed by atoms with E-state index in [1.54, 1.807) is 6.92 Å². The van der Waals surface area contributed by atoms with E-state index in [9.17, 15) is 0 Å². The lowest BCUT2D eigenvalue weighted by Gasteiger charge is -2.08. The minimum atomic E-state index is -0.305. The second kappa shape index (κ2) is 5.83.